The molecule has 0 unspecified atom stereocenters. The zero-order chi connectivity index (χ0) is 15.0. The molecular weight excluding hydrogens is 275 g/mol. The molecule has 1 aromatic heterocycles. The van der Waals surface area contributed by atoms with Crippen LogP contribution in [0.4, 0.5) is 13.2 Å². The van der Waals surface area contributed by atoms with Crippen LogP contribution in [0.15, 0.2) is 54.6 Å². The van der Waals surface area contributed by atoms with Gasteiger partial charge in [0.25, 0.3) is 0 Å². The summed E-state index contributed by atoms with van der Waals surface area (Å²) in [4.78, 5) is 3.74. The van der Waals surface area contributed by atoms with Gasteiger partial charge in [-0.2, -0.15) is 13.2 Å². The number of aryl methyl sites for hydroxylation is 1. The molecule has 4 heteroatoms. The first-order valence-corrected chi connectivity index (χ1v) is 6.50. The standard InChI is InChI=1S/C17H12F3N/c1-11-6-2-3-7-12(11)14-10-16(17(18,19)20)21-15-9-5-4-8-13(14)15/h2-10H,1H3. The maximum atomic E-state index is 13.0. The first kappa shape index (κ1) is 13.6. The van der Waals surface area contributed by atoms with Crippen molar-refractivity contribution in [3.63, 3.8) is 0 Å². The van der Waals surface area contributed by atoms with Gasteiger partial charge in [0.15, 0.2) is 0 Å². The molecule has 21 heavy (non-hydrogen) atoms. The van der Waals surface area contributed by atoms with E-state index in [4.69, 9.17) is 0 Å². The van der Waals surface area contributed by atoms with E-state index >= 15 is 0 Å². The summed E-state index contributed by atoms with van der Waals surface area (Å²) >= 11 is 0. The number of pyridine rings is 1. The Labute approximate surface area is 120 Å². The topological polar surface area (TPSA) is 12.9 Å². The Morgan fingerprint density at radius 3 is 2.24 bits per heavy atom. The summed E-state index contributed by atoms with van der Waals surface area (Å²) in [5.74, 6) is 0. The lowest BCUT2D eigenvalue weighted by Gasteiger charge is -2.13. The van der Waals surface area contributed by atoms with Gasteiger partial charge in [-0.3, -0.25) is 0 Å². The molecule has 1 nitrogen and oxygen atoms in total. The molecule has 0 radical (unpaired) electrons. The van der Waals surface area contributed by atoms with E-state index in [1.165, 1.54) is 0 Å². The fourth-order valence-electron chi connectivity index (χ4n) is 2.42. The number of hydrogen-bond donors (Lipinski definition) is 0. The van der Waals surface area contributed by atoms with Crippen molar-refractivity contribution in [3.05, 3.63) is 65.9 Å². The molecule has 2 aromatic carbocycles. The minimum atomic E-state index is -4.46. The van der Waals surface area contributed by atoms with Crippen molar-refractivity contribution in [2.75, 3.05) is 0 Å². The van der Waals surface area contributed by atoms with Crippen LogP contribution in [0.5, 0.6) is 0 Å². The van der Waals surface area contributed by atoms with E-state index in [1.807, 2.05) is 31.2 Å². The molecule has 3 rings (SSSR count). The van der Waals surface area contributed by atoms with Crippen LogP contribution in [-0.2, 0) is 6.18 Å². The molecule has 0 saturated carbocycles. The Morgan fingerprint density at radius 1 is 0.857 bits per heavy atom. The summed E-state index contributed by atoms with van der Waals surface area (Å²) < 4.78 is 39.1. The number of alkyl halides is 3. The van der Waals surface area contributed by atoms with Gasteiger partial charge in [0.05, 0.1) is 5.52 Å². The number of para-hydroxylation sites is 1. The third kappa shape index (κ3) is 2.49. The van der Waals surface area contributed by atoms with E-state index in [9.17, 15) is 13.2 Å². The van der Waals surface area contributed by atoms with Crippen LogP contribution in [0.3, 0.4) is 0 Å². The number of nitrogens with zero attached hydrogens (tertiary/aromatic N) is 1. The van der Waals surface area contributed by atoms with Crippen molar-refractivity contribution in [3.8, 4) is 11.1 Å². The Morgan fingerprint density at radius 2 is 1.52 bits per heavy atom. The molecule has 0 N–H and O–H groups in total. The van der Waals surface area contributed by atoms with Crippen LogP contribution in [0.1, 0.15) is 11.3 Å². The van der Waals surface area contributed by atoms with Gasteiger partial charge in [0.1, 0.15) is 5.69 Å². The first-order valence-electron chi connectivity index (χ1n) is 6.50. The average molecular weight is 287 g/mol. The highest BCUT2D eigenvalue weighted by Crippen LogP contribution is 2.36. The first-order chi connectivity index (χ1) is 9.97. The number of hydrogen-bond acceptors (Lipinski definition) is 1. The summed E-state index contributed by atoms with van der Waals surface area (Å²) in [5, 5.41) is 0.722. The van der Waals surface area contributed by atoms with E-state index < -0.39 is 11.9 Å². The van der Waals surface area contributed by atoms with Gasteiger partial charge in [0.2, 0.25) is 0 Å². The summed E-state index contributed by atoms with van der Waals surface area (Å²) in [7, 11) is 0. The SMILES string of the molecule is Cc1ccccc1-c1cc(C(F)(F)F)nc2ccccc12. The normalized spacial score (nSPS) is 11.8. The molecule has 0 atom stereocenters. The van der Waals surface area contributed by atoms with E-state index in [0.717, 1.165) is 22.6 Å². The number of halogens is 3. The quantitative estimate of drug-likeness (QED) is 0.597. The van der Waals surface area contributed by atoms with Crippen LogP contribution in [-0.4, -0.2) is 4.98 Å². The van der Waals surface area contributed by atoms with Crippen molar-refractivity contribution in [1.82, 2.24) is 4.98 Å². The third-order valence-corrected chi connectivity index (χ3v) is 3.44. The van der Waals surface area contributed by atoms with Crippen LogP contribution in [0, 0.1) is 6.92 Å². The minimum absolute atomic E-state index is 0.352. The average Bonchev–Trinajstić information content (AvgIpc) is 2.46. The van der Waals surface area contributed by atoms with Crippen molar-refractivity contribution >= 4 is 10.9 Å². The number of benzene rings is 2. The lowest BCUT2D eigenvalue weighted by atomic mass is 9.96. The van der Waals surface area contributed by atoms with E-state index in [0.29, 0.717) is 11.1 Å². The molecular formula is C17H12F3N. The minimum Gasteiger partial charge on any atom is -0.243 e. The number of fused-ring (bicyclic) bond motifs is 1. The predicted octanol–water partition coefficient (Wildman–Crippen LogP) is 5.23. The van der Waals surface area contributed by atoms with Gasteiger partial charge in [-0.1, -0.05) is 42.5 Å². The molecule has 0 bridgehead atoms. The molecule has 106 valence electrons. The highest BCUT2D eigenvalue weighted by Gasteiger charge is 2.33. The van der Waals surface area contributed by atoms with Crippen molar-refractivity contribution in [1.29, 1.82) is 0 Å². The Hall–Kier alpha value is -2.36. The summed E-state index contributed by atoms with van der Waals surface area (Å²) in [5.41, 5.74) is 1.78. The van der Waals surface area contributed by atoms with Crippen molar-refractivity contribution in [2.24, 2.45) is 0 Å². The zero-order valence-electron chi connectivity index (χ0n) is 11.3. The second kappa shape index (κ2) is 4.88. The van der Waals surface area contributed by atoms with Crippen LogP contribution >= 0.6 is 0 Å². The highest BCUT2D eigenvalue weighted by atomic mass is 19.4. The number of rotatable bonds is 1. The monoisotopic (exact) mass is 287 g/mol. The Bertz CT molecular complexity index is 806. The van der Waals surface area contributed by atoms with Gasteiger partial charge in [-0.15, -0.1) is 0 Å². The predicted molar refractivity (Wildman–Crippen MR) is 76.9 cm³/mol. The molecule has 0 saturated heterocycles. The molecule has 0 aliphatic carbocycles. The zero-order valence-corrected chi connectivity index (χ0v) is 11.3. The van der Waals surface area contributed by atoms with Gasteiger partial charge >= 0.3 is 6.18 Å². The highest BCUT2D eigenvalue weighted by molar-refractivity contribution is 5.95. The molecule has 0 aliphatic rings. The molecule has 0 amide bonds. The fraction of sp³-hybridized carbons (Fsp3) is 0.118. The second-order valence-corrected chi connectivity index (χ2v) is 4.88. The summed E-state index contributed by atoms with van der Waals surface area (Å²) in [6, 6.07) is 15.4. The smallest absolute Gasteiger partial charge is 0.243 e. The van der Waals surface area contributed by atoms with Crippen molar-refractivity contribution < 1.29 is 13.2 Å². The van der Waals surface area contributed by atoms with E-state index in [-0.39, 0.29) is 0 Å². The van der Waals surface area contributed by atoms with Crippen LogP contribution in [0.2, 0.25) is 0 Å². The fourth-order valence-corrected chi connectivity index (χ4v) is 2.42. The lowest BCUT2D eigenvalue weighted by Crippen LogP contribution is -2.08. The maximum Gasteiger partial charge on any atom is 0.433 e. The van der Waals surface area contributed by atoms with E-state index in [2.05, 4.69) is 4.98 Å². The van der Waals surface area contributed by atoms with Crippen molar-refractivity contribution in [2.45, 2.75) is 13.1 Å². The molecule has 0 spiro atoms. The lowest BCUT2D eigenvalue weighted by molar-refractivity contribution is -0.140. The summed E-state index contributed by atoms with van der Waals surface area (Å²) in [6.45, 7) is 1.89. The largest absolute Gasteiger partial charge is 0.433 e. The molecule has 3 aromatic rings. The van der Waals surface area contributed by atoms with Crippen LogP contribution < -0.4 is 0 Å². The maximum absolute atomic E-state index is 13.0. The Kier molecular flexibility index (Phi) is 3.16. The van der Waals surface area contributed by atoms with Gasteiger partial charge in [0, 0.05) is 5.39 Å². The summed E-state index contributed by atoms with van der Waals surface area (Å²) in [6.07, 6.45) is -4.46. The molecule has 0 fully saturated rings. The van der Waals surface area contributed by atoms with Gasteiger partial charge < -0.3 is 0 Å². The second-order valence-electron chi connectivity index (χ2n) is 4.88. The van der Waals surface area contributed by atoms with E-state index in [1.54, 1.807) is 24.3 Å². The molecule has 1 heterocycles. The van der Waals surface area contributed by atoms with Gasteiger partial charge in [-0.05, 0) is 35.7 Å². The Balaban J connectivity index is 2.38. The number of aromatic nitrogens is 1. The van der Waals surface area contributed by atoms with Gasteiger partial charge in [-0.25, -0.2) is 4.98 Å². The van der Waals surface area contributed by atoms with Crippen LogP contribution in [0.25, 0.3) is 22.0 Å². The third-order valence-electron chi connectivity index (χ3n) is 3.44. The molecule has 0 aliphatic heterocycles.